The van der Waals surface area contributed by atoms with Crippen LogP contribution >= 0.6 is 0 Å². The summed E-state index contributed by atoms with van der Waals surface area (Å²) in [7, 11) is 0. The molecule has 0 radical (unpaired) electrons. The van der Waals surface area contributed by atoms with E-state index < -0.39 is 5.82 Å². The summed E-state index contributed by atoms with van der Waals surface area (Å²) >= 11 is 0. The van der Waals surface area contributed by atoms with Crippen LogP contribution in [0.3, 0.4) is 0 Å². The Morgan fingerprint density at radius 2 is 1.92 bits per heavy atom. The van der Waals surface area contributed by atoms with Crippen LogP contribution in [0.5, 0.6) is 0 Å². The lowest BCUT2D eigenvalue weighted by Crippen LogP contribution is -2.37. The van der Waals surface area contributed by atoms with E-state index in [2.05, 4.69) is 30.2 Å². The van der Waals surface area contributed by atoms with E-state index in [0.717, 1.165) is 11.2 Å². The molecule has 1 amide bonds. The fourth-order valence-corrected chi connectivity index (χ4v) is 3.27. The van der Waals surface area contributed by atoms with Crippen molar-refractivity contribution in [1.82, 2.24) is 10.3 Å². The molecule has 0 atom stereocenters. The number of aromatic amines is 1. The molecule has 0 fully saturated rings. The Labute approximate surface area is 140 Å². The molecule has 4 heteroatoms. The number of hydrogen-bond acceptors (Lipinski definition) is 1. The molecule has 1 aromatic heterocycles. The Morgan fingerprint density at radius 1 is 1.17 bits per heavy atom. The zero-order valence-electron chi connectivity index (χ0n) is 14.1. The second-order valence-electron chi connectivity index (χ2n) is 6.75. The first-order chi connectivity index (χ1) is 11.4. The molecule has 24 heavy (non-hydrogen) atoms. The number of amides is 1. The van der Waals surface area contributed by atoms with Crippen molar-refractivity contribution < 1.29 is 9.18 Å². The SMILES string of the molecule is Cc1[nH]c2ccccc2c1C(C)(C)CNC(=O)c1cccc(F)c1. The first-order valence-corrected chi connectivity index (χ1v) is 8.00. The molecule has 0 aliphatic rings. The number of carbonyl (C=O) groups is 1. The molecule has 2 aromatic carbocycles. The second-order valence-corrected chi connectivity index (χ2v) is 6.75. The quantitative estimate of drug-likeness (QED) is 0.737. The molecule has 3 rings (SSSR count). The first-order valence-electron chi connectivity index (χ1n) is 8.00. The highest BCUT2D eigenvalue weighted by molar-refractivity contribution is 5.94. The molecule has 3 nitrogen and oxygen atoms in total. The monoisotopic (exact) mass is 324 g/mol. The van der Waals surface area contributed by atoms with Gasteiger partial charge in [0.05, 0.1) is 0 Å². The maximum Gasteiger partial charge on any atom is 0.251 e. The second kappa shape index (κ2) is 6.11. The molecule has 0 spiro atoms. The highest BCUT2D eigenvalue weighted by Gasteiger charge is 2.27. The van der Waals surface area contributed by atoms with E-state index in [9.17, 15) is 9.18 Å². The summed E-state index contributed by atoms with van der Waals surface area (Å²) < 4.78 is 13.3. The fraction of sp³-hybridized carbons (Fsp3) is 0.250. The highest BCUT2D eigenvalue weighted by atomic mass is 19.1. The highest BCUT2D eigenvalue weighted by Crippen LogP contribution is 2.33. The van der Waals surface area contributed by atoms with Gasteiger partial charge in [0.2, 0.25) is 0 Å². The van der Waals surface area contributed by atoms with Crippen LogP contribution in [0.4, 0.5) is 4.39 Å². The van der Waals surface area contributed by atoms with Gasteiger partial charge in [0.25, 0.3) is 5.91 Å². The van der Waals surface area contributed by atoms with Crippen LogP contribution in [0.2, 0.25) is 0 Å². The largest absolute Gasteiger partial charge is 0.358 e. The van der Waals surface area contributed by atoms with Gasteiger partial charge in [-0.05, 0) is 36.8 Å². The molecule has 0 unspecified atom stereocenters. The molecule has 3 aromatic rings. The number of hydrogen-bond donors (Lipinski definition) is 2. The van der Waals surface area contributed by atoms with Crippen molar-refractivity contribution >= 4 is 16.8 Å². The molecule has 0 bridgehead atoms. The molecule has 0 saturated heterocycles. The number of rotatable bonds is 4. The van der Waals surface area contributed by atoms with Gasteiger partial charge < -0.3 is 10.3 Å². The van der Waals surface area contributed by atoms with E-state index in [1.54, 1.807) is 12.1 Å². The average molecular weight is 324 g/mol. The minimum absolute atomic E-state index is 0.257. The van der Waals surface area contributed by atoms with Gasteiger partial charge in [0.15, 0.2) is 0 Å². The topological polar surface area (TPSA) is 44.9 Å². The Hall–Kier alpha value is -2.62. The van der Waals surface area contributed by atoms with E-state index in [-0.39, 0.29) is 11.3 Å². The van der Waals surface area contributed by atoms with Gasteiger partial charge >= 0.3 is 0 Å². The van der Waals surface area contributed by atoms with Gasteiger partial charge in [-0.3, -0.25) is 4.79 Å². The maximum absolute atomic E-state index is 13.3. The Morgan fingerprint density at radius 3 is 2.67 bits per heavy atom. The van der Waals surface area contributed by atoms with E-state index in [1.165, 1.54) is 23.1 Å². The number of halogens is 1. The Balaban J connectivity index is 1.83. The van der Waals surface area contributed by atoms with Crippen molar-refractivity contribution in [3.05, 3.63) is 71.2 Å². The summed E-state index contributed by atoms with van der Waals surface area (Å²) in [6, 6.07) is 13.9. The molecule has 2 N–H and O–H groups in total. The smallest absolute Gasteiger partial charge is 0.251 e. The molecule has 1 heterocycles. The van der Waals surface area contributed by atoms with Crippen molar-refractivity contribution in [3.63, 3.8) is 0 Å². The van der Waals surface area contributed by atoms with Gasteiger partial charge in [-0.1, -0.05) is 38.1 Å². The molecular formula is C20H21FN2O. The molecular weight excluding hydrogens is 303 g/mol. The number of aryl methyl sites for hydroxylation is 1. The third kappa shape index (κ3) is 3.04. The number of H-pyrrole nitrogens is 1. The van der Waals surface area contributed by atoms with Crippen molar-refractivity contribution in [2.75, 3.05) is 6.54 Å². The zero-order chi connectivity index (χ0) is 17.3. The van der Waals surface area contributed by atoms with Crippen LogP contribution in [0.1, 0.15) is 35.5 Å². The number of aromatic nitrogens is 1. The molecule has 0 aliphatic carbocycles. The summed E-state index contributed by atoms with van der Waals surface area (Å²) in [6.07, 6.45) is 0. The van der Waals surface area contributed by atoms with Crippen LogP contribution in [0, 0.1) is 12.7 Å². The molecule has 124 valence electrons. The van der Waals surface area contributed by atoms with E-state index in [0.29, 0.717) is 12.1 Å². The van der Waals surface area contributed by atoms with Gasteiger partial charge in [0.1, 0.15) is 5.82 Å². The van der Waals surface area contributed by atoms with E-state index in [4.69, 9.17) is 0 Å². The zero-order valence-corrected chi connectivity index (χ0v) is 14.1. The lowest BCUT2D eigenvalue weighted by Gasteiger charge is -2.26. The van der Waals surface area contributed by atoms with Crippen LogP contribution in [-0.4, -0.2) is 17.4 Å². The number of fused-ring (bicyclic) bond motifs is 1. The molecule has 0 aliphatic heterocycles. The Bertz CT molecular complexity index is 896. The number of nitrogens with one attached hydrogen (secondary N) is 2. The number of carbonyl (C=O) groups excluding carboxylic acids is 1. The van der Waals surface area contributed by atoms with E-state index in [1.807, 2.05) is 25.1 Å². The minimum atomic E-state index is -0.408. The van der Waals surface area contributed by atoms with Gasteiger partial charge in [-0.25, -0.2) is 4.39 Å². The lowest BCUT2D eigenvalue weighted by molar-refractivity contribution is 0.0945. The van der Waals surface area contributed by atoms with Gasteiger partial charge in [-0.2, -0.15) is 0 Å². The standard InChI is InChI=1S/C20H21FN2O/c1-13-18(16-9-4-5-10-17(16)23-13)20(2,3)12-22-19(24)14-7-6-8-15(21)11-14/h4-11,23H,12H2,1-3H3,(H,22,24). The van der Waals surface area contributed by atoms with E-state index >= 15 is 0 Å². The van der Waals surface area contributed by atoms with Crippen molar-refractivity contribution in [2.24, 2.45) is 0 Å². The predicted octanol–water partition coefficient (Wildman–Crippen LogP) is 4.32. The van der Waals surface area contributed by atoms with Crippen LogP contribution in [0.15, 0.2) is 48.5 Å². The van der Waals surface area contributed by atoms with Crippen molar-refractivity contribution in [2.45, 2.75) is 26.2 Å². The minimum Gasteiger partial charge on any atom is -0.358 e. The molecule has 0 saturated carbocycles. The van der Waals surface area contributed by atoms with Gasteiger partial charge in [-0.15, -0.1) is 0 Å². The first kappa shape index (κ1) is 16.2. The third-order valence-electron chi connectivity index (χ3n) is 4.35. The third-order valence-corrected chi connectivity index (χ3v) is 4.35. The maximum atomic E-state index is 13.3. The lowest BCUT2D eigenvalue weighted by atomic mass is 9.82. The average Bonchev–Trinajstić information content (AvgIpc) is 2.89. The normalized spacial score (nSPS) is 11.7. The van der Waals surface area contributed by atoms with Crippen molar-refractivity contribution in [1.29, 1.82) is 0 Å². The van der Waals surface area contributed by atoms with Crippen LogP contribution in [0.25, 0.3) is 10.9 Å². The summed E-state index contributed by atoms with van der Waals surface area (Å²) in [5.41, 5.74) is 3.46. The number of benzene rings is 2. The number of para-hydroxylation sites is 1. The summed E-state index contributed by atoms with van der Waals surface area (Å²) in [5.74, 6) is -0.672. The summed E-state index contributed by atoms with van der Waals surface area (Å²) in [4.78, 5) is 15.7. The van der Waals surface area contributed by atoms with Crippen LogP contribution in [-0.2, 0) is 5.41 Å². The summed E-state index contributed by atoms with van der Waals surface area (Å²) in [5, 5.41) is 4.09. The van der Waals surface area contributed by atoms with Crippen LogP contribution < -0.4 is 5.32 Å². The fourth-order valence-electron chi connectivity index (χ4n) is 3.27. The predicted molar refractivity (Wildman–Crippen MR) is 94.8 cm³/mol. The van der Waals surface area contributed by atoms with Gasteiger partial charge in [0, 0.05) is 34.1 Å². The van der Waals surface area contributed by atoms with Crippen molar-refractivity contribution in [3.8, 4) is 0 Å². The Kier molecular flexibility index (Phi) is 4.14. The summed E-state index contributed by atoms with van der Waals surface area (Å²) in [6.45, 7) is 6.71.